The number of hydrogen-bond acceptors (Lipinski definition) is 6. The number of carboxylic acids is 1. The molecule has 2 aromatic rings. The molecule has 0 aliphatic rings. The van der Waals surface area contributed by atoms with Gasteiger partial charge in [0.25, 0.3) is 5.69 Å². The van der Waals surface area contributed by atoms with Crippen molar-refractivity contribution in [1.29, 1.82) is 0 Å². The molecule has 9 heteroatoms. The second kappa shape index (κ2) is 5.67. The molecule has 8 nitrogen and oxygen atoms in total. The molecular formula is C12H9FN2O6. The fourth-order valence-electron chi connectivity index (χ4n) is 1.71. The Balaban J connectivity index is 2.61. The van der Waals surface area contributed by atoms with Crippen molar-refractivity contribution in [1.82, 2.24) is 4.98 Å². The monoisotopic (exact) mass is 296 g/mol. The predicted molar refractivity (Wildman–Crippen MR) is 66.2 cm³/mol. The number of benzene rings is 1. The van der Waals surface area contributed by atoms with Crippen LogP contribution in [0, 0.1) is 15.9 Å². The van der Waals surface area contributed by atoms with Crippen LogP contribution >= 0.6 is 0 Å². The largest absolute Gasteiger partial charge is 0.475 e. The average molecular weight is 296 g/mol. The quantitative estimate of drug-likeness (QED) is 0.664. The number of ether oxygens (including phenoxy) is 1. The summed E-state index contributed by atoms with van der Waals surface area (Å²) in [5, 5.41) is 19.9. The maximum Gasteiger partial charge on any atom is 0.373 e. The van der Waals surface area contributed by atoms with Crippen LogP contribution in [0.25, 0.3) is 11.5 Å². The molecule has 1 N–H and O–H groups in total. The zero-order chi connectivity index (χ0) is 15.6. The normalized spacial score (nSPS) is 10.6. The molecule has 2 rings (SSSR count). The van der Waals surface area contributed by atoms with Crippen LogP contribution < -0.4 is 0 Å². The lowest BCUT2D eigenvalue weighted by Crippen LogP contribution is -2.00. The Morgan fingerprint density at radius 3 is 2.86 bits per heavy atom. The van der Waals surface area contributed by atoms with Crippen molar-refractivity contribution in [3.8, 4) is 11.5 Å². The fraction of sp³-hybridized carbons (Fsp3) is 0.167. The van der Waals surface area contributed by atoms with Gasteiger partial charge in [-0.05, 0) is 12.1 Å². The summed E-state index contributed by atoms with van der Waals surface area (Å²) >= 11 is 0. The third kappa shape index (κ3) is 2.87. The summed E-state index contributed by atoms with van der Waals surface area (Å²) in [6.45, 7) is -0.158. The van der Waals surface area contributed by atoms with Gasteiger partial charge in [0.2, 0.25) is 11.7 Å². The summed E-state index contributed by atoms with van der Waals surface area (Å²) in [7, 11) is 1.32. The number of carboxylic acid groups (broad SMARTS) is 1. The number of nitro benzene ring substituents is 1. The number of halogens is 1. The third-order valence-electron chi connectivity index (χ3n) is 2.56. The van der Waals surface area contributed by atoms with Gasteiger partial charge >= 0.3 is 5.97 Å². The van der Waals surface area contributed by atoms with Gasteiger partial charge in [-0.25, -0.2) is 14.2 Å². The molecule has 0 radical (unpaired) electrons. The lowest BCUT2D eigenvalue weighted by atomic mass is 10.2. The van der Waals surface area contributed by atoms with E-state index in [0.717, 1.165) is 18.2 Å². The summed E-state index contributed by atoms with van der Waals surface area (Å²) in [6.07, 6.45) is 0. The van der Waals surface area contributed by atoms with E-state index in [1.807, 2.05) is 0 Å². The number of hydrogen-bond donors (Lipinski definition) is 1. The molecule has 0 atom stereocenters. The van der Waals surface area contributed by atoms with E-state index in [4.69, 9.17) is 14.3 Å². The van der Waals surface area contributed by atoms with E-state index in [2.05, 4.69) is 4.98 Å². The highest BCUT2D eigenvalue weighted by atomic mass is 19.1. The number of oxazole rings is 1. The van der Waals surface area contributed by atoms with Crippen LogP contribution in [0.4, 0.5) is 10.1 Å². The molecule has 0 spiro atoms. The molecule has 0 saturated heterocycles. The molecule has 21 heavy (non-hydrogen) atoms. The minimum absolute atomic E-state index is 0.0430. The Bertz CT molecular complexity index is 712. The molecule has 0 amide bonds. The zero-order valence-electron chi connectivity index (χ0n) is 10.7. The first kappa shape index (κ1) is 14.6. The lowest BCUT2D eigenvalue weighted by Gasteiger charge is -1.98. The molecule has 110 valence electrons. The molecule has 1 heterocycles. The van der Waals surface area contributed by atoms with Crippen molar-refractivity contribution >= 4 is 11.7 Å². The molecule has 1 aromatic carbocycles. The molecule has 0 fully saturated rings. The molecule has 0 saturated carbocycles. The summed E-state index contributed by atoms with van der Waals surface area (Å²) in [5.74, 6) is -3.00. The maximum atomic E-state index is 13.3. The second-order valence-electron chi connectivity index (χ2n) is 3.95. The topological polar surface area (TPSA) is 116 Å². The van der Waals surface area contributed by atoms with Crippen LogP contribution in [0.5, 0.6) is 0 Å². The first-order chi connectivity index (χ1) is 9.93. The lowest BCUT2D eigenvalue weighted by molar-refractivity contribution is -0.384. The van der Waals surface area contributed by atoms with Gasteiger partial charge < -0.3 is 14.3 Å². The van der Waals surface area contributed by atoms with Crippen LogP contribution in [0.3, 0.4) is 0 Å². The van der Waals surface area contributed by atoms with Crippen molar-refractivity contribution in [2.24, 2.45) is 0 Å². The van der Waals surface area contributed by atoms with Gasteiger partial charge in [0.15, 0.2) is 0 Å². The molecule has 1 aromatic heterocycles. The van der Waals surface area contributed by atoms with Gasteiger partial charge in [0.1, 0.15) is 17.1 Å². The standard InChI is InChI=1S/C12H9FN2O6/c1-20-5-8-10(12(16)17)21-11(14-8)7-4-6(13)2-3-9(7)15(18)19/h2-4H,5H2,1H3,(H,16,17). The van der Waals surface area contributed by atoms with Crippen LogP contribution in [0.15, 0.2) is 22.6 Å². The van der Waals surface area contributed by atoms with Gasteiger partial charge in [0, 0.05) is 13.2 Å². The Morgan fingerprint density at radius 2 is 2.29 bits per heavy atom. The maximum absolute atomic E-state index is 13.3. The van der Waals surface area contributed by atoms with Crippen LogP contribution in [-0.2, 0) is 11.3 Å². The molecule has 0 aliphatic heterocycles. The Morgan fingerprint density at radius 1 is 1.57 bits per heavy atom. The van der Waals surface area contributed by atoms with Crippen LogP contribution in [0.1, 0.15) is 16.2 Å². The van der Waals surface area contributed by atoms with E-state index in [1.54, 1.807) is 0 Å². The molecule has 0 aliphatic carbocycles. The number of carbonyl (C=O) groups is 1. The number of nitrogens with zero attached hydrogens (tertiary/aromatic N) is 2. The van der Waals surface area contributed by atoms with Crippen LogP contribution in [0.2, 0.25) is 0 Å². The summed E-state index contributed by atoms with van der Waals surface area (Å²) in [4.78, 5) is 25.1. The van der Waals surface area contributed by atoms with E-state index in [0.29, 0.717) is 0 Å². The van der Waals surface area contributed by atoms with Crippen molar-refractivity contribution in [2.75, 3.05) is 7.11 Å². The number of aromatic carboxylic acids is 1. The molecule has 0 bridgehead atoms. The minimum atomic E-state index is -1.40. The van der Waals surface area contributed by atoms with Gasteiger partial charge in [-0.2, -0.15) is 0 Å². The Labute approximate surface area is 116 Å². The third-order valence-corrected chi connectivity index (χ3v) is 2.56. The van der Waals surface area contributed by atoms with Crippen molar-refractivity contribution in [3.05, 3.63) is 45.6 Å². The highest BCUT2D eigenvalue weighted by Gasteiger charge is 2.25. The highest BCUT2D eigenvalue weighted by Crippen LogP contribution is 2.31. The van der Waals surface area contributed by atoms with Crippen molar-refractivity contribution in [3.63, 3.8) is 0 Å². The predicted octanol–water partition coefficient (Wildman–Crippen LogP) is 2.23. The first-order valence-corrected chi connectivity index (χ1v) is 5.60. The SMILES string of the molecule is COCc1nc(-c2cc(F)ccc2[N+](=O)[O-])oc1C(=O)O. The summed E-state index contributed by atoms with van der Waals surface area (Å²) in [6, 6.07) is 2.72. The van der Waals surface area contributed by atoms with Gasteiger partial charge in [0.05, 0.1) is 11.5 Å². The molecular weight excluding hydrogens is 287 g/mol. The average Bonchev–Trinajstić information content (AvgIpc) is 2.83. The first-order valence-electron chi connectivity index (χ1n) is 5.60. The Kier molecular flexibility index (Phi) is 3.94. The highest BCUT2D eigenvalue weighted by molar-refractivity contribution is 5.86. The summed E-state index contributed by atoms with van der Waals surface area (Å²) < 4.78 is 23.1. The number of nitro groups is 1. The van der Waals surface area contributed by atoms with Gasteiger partial charge in [-0.3, -0.25) is 10.1 Å². The second-order valence-corrected chi connectivity index (χ2v) is 3.95. The zero-order valence-corrected chi connectivity index (χ0v) is 10.7. The fourth-order valence-corrected chi connectivity index (χ4v) is 1.71. The molecule has 0 unspecified atom stereocenters. The van der Waals surface area contributed by atoms with E-state index in [1.165, 1.54) is 7.11 Å². The smallest absolute Gasteiger partial charge is 0.373 e. The minimum Gasteiger partial charge on any atom is -0.475 e. The van der Waals surface area contributed by atoms with E-state index in [9.17, 15) is 19.3 Å². The van der Waals surface area contributed by atoms with Crippen molar-refractivity contribution in [2.45, 2.75) is 6.61 Å². The Hall–Kier alpha value is -2.81. The van der Waals surface area contributed by atoms with Crippen molar-refractivity contribution < 1.29 is 28.4 Å². The number of rotatable bonds is 5. The van der Waals surface area contributed by atoms with E-state index in [-0.39, 0.29) is 23.8 Å². The van der Waals surface area contributed by atoms with E-state index >= 15 is 0 Å². The number of methoxy groups -OCH3 is 1. The van der Waals surface area contributed by atoms with E-state index < -0.39 is 28.2 Å². The van der Waals surface area contributed by atoms with Gasteiger partial charge in [-0.1, -0.05) is 0 Å². The van der Waals surface area contributed by atoms with Gasteiger partial charge in [-0.15, -0.1) is 0 Å². The van der Waals surface area contributed by atoms with Crippen LogP contribution in [-0.4, -0.2) is 28.1 Å². The number of aromatic nitrogens is 1. The summed E-state index contributed by atoms with van der Waals surface area (Å²) in [5.41, 5.74) is -0.734.